The molecule has 0 radical (unpaired) electrons. The van der Waals surface area contributed by atoms with Crippen LogP contribution in [-0.2, 0) is 19.7 Å². The molecule has 0 heterocycles. The molecule has 0 aliphatic carbocycles. The van der Waals surface area contributed by atoms with Crippen LogP contribution in [0.1, 0.15) is 22.3 Å². The third-order valence-electron chi connectivity index (χ3n) is 5.34. The molecule has 4 aromatic rings. The van der Waals surface area contributed by atoms with Gasteiger partial charge in [0.15, 0.2) is 9.84 Å². The Morgan fingerprint density at radius 3 is 1.71 bits per heavy atom. The number of hydrogen-bond donors (Lipinski definition) is 0. The van der Waals surface area contributed by atoms with Crippen LogP contribution in [0.2, 0.25) is 0 Å². The van der Waals surface area contributed by atoms with Gasteiger partial charge in [0.2, 0.25) is 9.84 Å². The molecule has 38 heavy (non-hydrogen) atoms. The molecule has 0 aliphatic heterocycles. The van der Waals surface area contributed by atoms with Crippen molar-refractivity contribution in [3.8, 4) is 23.7 Å². The molecule has 0 aliphatic rings. The molecular weight excluding hydrogens is 512 g/mol. The second-order valence-electron chi connectivity index (χ2n) is 8.04. The summed E-state index contributed by atoms with van der Waals surface area (Å²) in [4.78, 5) is 0.431. The van der Waals surface area contributed by atoms with E-state index in [2.05, 4.69) is 29.4 Å². The number of sulfone groups is 2. The predicted molar refractivity (Wildman–Crippen MR) is 150 cm³/mol. The van der Waals surface area contributed by atoms with Gasteiger partial charge in [-0.25, -0.2) is 16.8 Å². The van der Waals surface area contributed by atoms with E-state index in [0.29, 0.717) is 22.3 Å². The zero-order valence-corrected chi connectivity index (χ0v) is 21.8. The SMILES string of the molecule is O=S(=O)(C=C=Cc1ccccc1C#Cc1ccccc1C#CCS(=O)(=O)c1ccccc1)c1ccccc1. The summed E-state index contributed by atoms with van der Waals surface area (Å²) in [6, 6.07) is 30.9. The quantitative estimate of drug-likeness (QED) is 0.250. The average Bonchev–Trinajstić information content (AvgIpc) is 2.94. The Bertz CT molecular complexity index is 1840. The second-order valence-corrected chi connectivity index (χ2v) is 11.8. The minimum atomic E-state index is -3.60. The lowest BCUT2D eigenvalue weighted by Gasteiger charge is -1.99. The highest BCUT2D eigenvalue weighted by molar-refractivity contribution is 7.94. The fraction of sp³-hybridized carbons (Fsp3) is 0.0312. The lowest BCUT2D eigenvalue weighted by molar-refractivity contribution is 0.599. The Labute approximate surface area is 223 Å². The highest BCUT2D eigenvalue weighted by Gasteiger charge is 2.11. The summed E-state index contributed by atoms with van der Waals surface area (Å²) < 4.78 is 49.9. The van der Waals surface area contributed by atoms with E-state index in [1.165, 1.54) is 12.1 Å². The molecular formula is C32H22O4S2. The van der Waals surface area contributed by atoms with Gasteiger partial charge >= 0.3 is 0 Å². The van der Waals surface area contributed by atoms with Gasteiger partial charge in [0.1, 0.15) is 5.75 Å². The fourth-order valence-electron chi connectivity index (χ4n) is 3.40. The number of benzene rings is 4. The van der Waals surface area contributed by atoms with Crippen LogP contribution < -0.4 is 0 Å². The first kappa shape index (κ1) is 26.5. The minimum Gasteiger partial charge on any atom is -0.223 e. The van der Waals surface area contributed by atoms with Gasteiger partial charge in [-0.1, -0.05) is 90.4 Å². The highest BCUT2D eigenvalue weighted by Crippen LogP contribution is 2.14. The van der Waals surface area contributed by atoms with Crippen molar-refractivity contribution in [2.75, 3.05) is 5.75 Å². The van der Waals surface area contributed by atoms with Gasteiger partial charge in [0.05, 0.1) is 15.2 Å². The van der Waals surface area contributed by atoms with E-state index in [4.69, 9.17) is 0 Å². The predicted octanol–water partition coefficient (Wildman–Crippen LogP) is 5.51. The maximum Gasteiger partial charge on any atom is 0.207 e. The molecule has 4 nitrogen and oxygen atoms in total. The maximum atomic E-state index is 12.5. The first-order chi connectivity index (χ1) is 18.4. The fourth-order valence-corrected chi connectivity index (χ4v) is 5.32. The molecule has 0 aromatic heterocycles. The monoisotopic (exact) mass is 534 g/mol. The van der Waals surface area contributed by atoms with Crippen LogP contribution in [-0.4, -0.2) is 22.6 Å². The van der Waals surface area contributed by atoms with E-state index in [9.17, 15) is 16.8 Å². The minimum absolute atomic E-state index is 0.197. The normalized spacial score (nSPS) is 10.6. The Hall–Kier alpha value is -4.58. The first-order valence-corrected chi connectivity index (χ1v) is 14.7. The third kappa shape index (κ3) is 7.01. The van der Waals surface area contributed by atoms with Crippen molar-refractivity contribution in [2.24, 2.45) is 0 Å². The largest absolute Gasteiger partial charge is 0.223 e. The lowest BCUT2D eigenvalue weighted by atomic mass is 10.1. The number of rotatable bonds is 5. The topological polar surface area (TPSA) is 68.3 Å². The Morgan fingerprint density at radius 2 is 1.05 bits per heavy atom. The molecule has 0 bridgehead atoms. The van der Waals surface area contributed by atoms with Gasteiger partial charge in [-0.3, -0.25) is 0 Å². The Morgan fingerprint density at radius 1 is 0.553 bits per heavy atom. The van der Waals surface area contributed by atoms with Crippen molar-refractivity contribution in [3.63, 3.8) is 0 Å². The molecule has 4 rings (SSSR count). The van der Waals surface area contributed by atoms with Crippen molar-refractivity contribution in [2.45, 2.75) is 9.79 Å². The molecule has 4 aromatic carbocycles. The molecule has 0 saturated heterocycles. The zero-order chi connectivity index (χ0) is 26.8. The van der Waals surface area contributed by atoms with Gasteiger partial charge in [0, 0.05) is 16.7 Å². The molecule has 0 unspecified atom stereocenters. The Kier molecular flexibility index (Phi) is 8.44. The first-order valence-electron chi connectivity index (χ1n) is 11.5. The molecule has 0 amide bonds. The molecule has 6 heteroatoms. The summed E-state index contributed by atoms with van der Waals surface area (Å²) in [6.07, 6.45) is 1.57. The molecule has 0 saturated carbocycles. The van der Waals surface area contributed by atoms with Gasteiger partial charge in [-0.2, -0.15) is 0 Å². The summed E-state index contributed by atoms with van der Waals surface area (Å²) in [5.41, 5.74) is 5.41. The van der Waals surface area contributed by atoms with Gasteiger partial charge in [-0.15, -0.1) is 5.73 Å². The highest BCUT2D eigenvalue weighted by atomic mass is 32.2. The summed E-state index contributed by atoms with van der Waals surface area (Å²) in [7, 11) is -7.11. The van der Waals surface area contributed by atoms with Crippen LogP contribution in [0.15, 0.2) is 130 Å². The molecule has 0 atom stereocenters. The summed E-state index contributed by atoms with van der Waals surface area (Å²) in [6.45, 7) is 0. The summed E-state index contributed by atoms with van der Waals surface area (Å²) in [5.74, 6) is 11.6. The summed E-state index contributed by atoms with van der Waals surface area (Å²) >= 11 is 0. The van der Waals surface area contributed by atoms with E-state index in [0.717, 1.165) is 5.41 Å². The van der Waals surface area contributed by atoms with Crippen molar-refractivity contribution >= 4 is 25.8 Å². The van der Waals surface area contributed by atoms with Crippen LogP contribution in [0.5, 0.6) is 0 Å². The van der Waals surface area contributed by atoms with Gasteiger partial charge in [0.25, 0.3) is 0 Å². The maximum absolute atomic E-state index is 12.5. The van der Waals surface area contributed by atoms with Crippen molar-refractivity contribution in [1.82, 2.24) is 0 Å². The van der Waals surface area contributed by atoms with E-state index in [1.807, 2.05) is 42.5 Å². The molecule has 0 fully saturated rings. The average molecular weight is 535 g/mol. The van der Waals surface area contributed by atoms with E-state index >= 15 is 0 Å². The van der Waals surface area contributed by atoms with Gasteiger partial charge < -0.3 is 0 Å². The van der Waals surface area contributed by atoms with Crippen LogP contribution in [0.4, 0.5) is 0 Å². The van der Waals surface area contributed by atoms with E-state index < -0.39 is 19.7 Å². The Balaban J connectivity index is 1.58. The van der Waals surface area contributed by atoms with Crippen molar-refractivity contribution < 1.29 is 16.8 Å². The van der Waals surface area contributed by atoms with E-state index in [-0.39, 0.29) is 15.5 Å². The smallest absolute Gasteiger partial charge is 0.207 e. The number of hydrogen-bond acceptors (Lipinski definition) is 4. The standard InChI is InChI=1S/C32H22O4S2/c33-37(34,31-19-3-1-4-20-31)25-11-17-27-13-7-9-15-29(27)23-24-30-16-10-8-14-28(30)18-12-26-38(35,36)32-21-5-2-6-22-32/h1-10,13-17,19-22,25H,26H2. The molecule has 0 spiro atoms. The second kappa shape index (κ2) is 12.1. The van der Waals surface area contributed by atoms with Crippen molar-refractivity contribution in [3.05, 3.63) is 143 Å². The van der Waals surface area contributed by atoms with Crippen LogP contribution in [0, 0.1) is 23.7 Å². The third-order valence-corrected chi connectivity index (χ3v) is 8.23. The van der Waals surface area contributed by atoms with Crippen molar-refractivity contribution in [1.29, 1.82) is 0 Å². The lowest BCUT2D eigenvalue weighted by Crippen LogP contribution is -2.04. The summed E-state index contributed by atoms with van der Waals surface area (Å²) in [5, 5.41) is 1.04. The zero-order valence-electron chi connectivity index (χ0n) is 20.2. The van der Waals surface area contributed by atoms with Gasteiger partial charge in [-0.05, 0) is 54.1 Å². The molecule has 0 N–H and O–H groups in total. The van der Waals surface area contributed by atoms with Crippen LogP contribution in [0.3, 0.4) is 0 Å². The van der Waals surface area contributed by atoms with Crippen LogP contribution in [0.25, 0.3) is 6.08 Å². The van der Waals surface area contributed by atoms with E-state index in [1.54, 1.807) is 60.7 Å². The van der Waals surface area contributed by atoms with Crippen LogP contribution >= 0.6 is 0 Å². The molecule has 186 valence electrons.